The number of benzene rings is 2. The van der Waals surface area contributed by atoms with Crippen LogP contribution >= 0.6 is 0 Å². The number of carbonyl (C=O) groups excluding carboxylic acids is 2. The van der Waals surface area contributed by atoms with Crippen LogP contribution in [0.4, 0.5) is 0 Å². The molecule has 0 saturated heterocycles. The zero-order chi connectivity index (χ0) is 21.5. The van der Waals surface area contributed by atoms with Crippen LogP contribution in [0.1, 0.15) is 59.6 Å². The number of hydrogen-bond acceptors (Lipinski definition) is 2. The van der Waals surface area contributed by atoms with Crippen LogP contribution in [0.3, 0.4) is 0 Å². The normalized spacial score (nSPS) is 19.2. The van der Waals surface area contributed by atoms with Gasteiger partial charge in [0.1, 0.15) is 12.1 Å². The third kappa shape index (κ3) is 3.19. The van der Waals surface area contributed by atoms with E-state index >= 15 is 0 Å². The molecule has 0 fully saturated rings. The van der Waals surface area contributed by atoms with Crippen molar-refractivity contribution in [2.75, 3.05) is 0 Å². The van der Waals surface area contributed by atoms with Gasteiger partial charge >= 0.3 is 0 Å². The van der Waals surface area contributed by atoms with Crippen molar-refractivity contribution < 1.29 is 9.59 Å². The topological polar surface area (TPSA) is 56.4 Å². The molecule has 5 rings (SSSR count). The van der Waals surface area contributed by atoms with Crippen molar-refractivity contribution in [1.29, 1.82) is 0 Å². The Morgan fingerprint density at radius 2 is 1.10 bits per heavy atom. The fourth-order valence-electron chi connectivity index (χ4n) is 4.57. The summed E-state index contributed by atoms with van der Waals surface area (Å²) in [7, 11) is 0. The second kappa shape index (κ2) is 7.43. The summed E-state index contributed by atoms with van der Waals surface area (Å²) >= 11 is 0. The van der Waals surface area contributed by atoms with Crippen molar-refractivity contribution in [3.63, 3.8) is 0 Å². The number of nitrogens with one attached hydrogen (secondary N) is 1. The molecule has 1 N–H and O–H groups in total. The average Bonchev–Trinajstić information content (AvgIpc) is 3.26. The van der Waals surface area contributed by atoms with Gasteiger partial charge in [0.25, 0.3) is 0 Å². The van der Waals surface area contributed by atoms with Gasteiger partial charge in [-0.1, -0.05) is 48.5 Å². The molecule has 2 aliphatic heterocycles. The molecular formula is C26H23N3O2. The van der Waals surface area contributed by atoms with Gasteiger partial charge in [0, 0.05) is 37.6 Å². The summed E-state index contributed by atoms with van der Waals surface area (Å²) in [5, 5.41) is 0. The van der Waals surface area contributed by atoms with Gasteiger partial charge in [-0.25, -0.2) is 0 Å². The van der Waals surface area contributed by atoms with Crippen LogP contribution in [0.25, 0.3) is 12.2 Å². The van der Waals surface area contributed by atoms with Crippen molar-refractivity contribution in [2.24, 2.45) is 0 Å². The van der Waals surface area contributed by atoms with E-state index in [0.717, 1.165) is 33.6 Å². The Labute approximate surface area is 181 Å². The molecule has 1 aromatic heterocycles. The lowest BCUT2D eigenvalue weighted by atomic mass is 9.94. The van der Waals surface area contributed by atoms with Crippen molar-refractivity contribution in [3.05, 3.63) is 107 Å². The minimum Gasteiger partial charge on any atom is -0.358 e. The highest BCUT2D eigenvalue weighted by Gasteiger charge is 2.32. The molecule has 3 aromatic rings. The van der Waals surface area contributed by atoms with Gasteiger partial charge in [-0.05, 0) is 46.5 Å². The molecule has 2 aliphatic rings. The predicted molar refractivity (Wildman–Crippen MR) is 120 cm³/mol. The summed E-state index contributed by atoms with van der Waals surface area (Å²) in [6.07, 6.45) is 7.63. The molecule has 0 radical (unpaired) electrons. The standard InChI is InChI=1S/C26H23N3O2/c1-17(30)28-15-13-19-7-3-5-9-21(19)25(28)23-11-12-24(27-23)26-22-10-6-4-8-20(22)14-16-29(26)18(2)31/h3-16,25-27H,1-2H3. The minimum atomic E-state index is -0.243. The van der Waals surface area contributed by atoms with Crippen LogP contribution in [0, 0.1) is 0 Å². The highest BCUT2D eigenvalue weighted by molar-refractivity contribution is 5.79. The van der Waals surface area contributed by atoms with Crippen LogP contribution < -0.4 is 0 Å². The Hall–Kier alpha value is -3.86. The second-order valence-electron chi connectivity index (χ2n) is 7.92. The Bertz CT molecular complexity index is 1140. The molecule has 0 aliphatic carbocycles. The minimum absolute atomic E-state index is 0.0248. The number of rotatable bonds is 2. The molecule has 0 bridgehead atoms. The van der Waals surface area contributed by atoms with E-state index in [1.165, 1.54) is 0 Å². The van der Waals surface area contributed by atoms with Gasteiger partial charge in [0.05, 0.1) is 0 Å². The molecular weight excluding hydrogens is 386 g/mol. The maximum absolute atomic E-state index is 12.4. The fraction of sp³-hybridized carbons (Fsp3) is 0.154. The number of amides is 2. The number of H-pyrrole nitrogens is 1. The van der Waals surface area contributed by atoms with Crippen molar-refractivity contribution in [3.8, 4) is 0 Å². The Morgan fingerprint density at radius 1 is 0.677 bits per heavy atom. The summed E-state index contributed by atoms with van der Waals surface area (Å²) < 4.78 is 0. The Balaban J connectivity index is 1.61. The van der Waals surface area contributed by atoms with E-state index in [2.05, 4.69) is 29.2 Å². The van der Waals surface area contributed by atoms with E-state index < -0.39 is 0 Å². The summed E-state index contributed by atoms with van der Waals surface area (Å²) in [5.74, 6) is -0.0496. The highest BCUT2D eigenvalue weighted by atomic mass is 16.2. The molecule has 3 heterocycles. The second-order valence-corrected chi connectivity index (χ2v) is 7.92. The molecule has 5 heteroatoms. The number of hydrogen-bond donors (Lipinski definition) is 1. The van der Waals surface area contributed by atoms with Crippen LogP contribution in [-0.2, 0) is 9.59 Å². The maximum Gasteiger partial charge on any atom is 0.224 e. The van der Waals surface area contributed by atoms with Gasteiger partial charge in [-0.2, -0.15) is 0 Å². The summed E-state index contributed by atoms with van der Waals surface area (Å²) in [4.78, 5) is 31.8. The monoisotopic (exact) mass is 409 g/mol. The molecule has 0 saturated carbocycles. The lowest BCUT2D eigenvalue weighted by Gasteiger charge is -2.33. The van der Waals surface area contributed by atoms with Gasteiger partial charge in [0.2, 0.25) is 11.8 Å². The predicted octanol–water partition coefficient (Wildman–Crippen LogP) is 4.86. The van der Waals surface area contributed by atoms with Crippen LogP contribution in [0.2, 0.25) is 0 Å². The van der Waals surface area contributed by atoms with Gasteiger partial charge in [0.15, 0.2) is 0 Å². The van der Waals surface area contributed by atoms with Crippen LogP contribution in [0.5, 0.6) is 0 Å². The van der Waals surface area contributed by atoms with E-state index in [-0.39, 0.29) is 23.9 Å². The quantitative estimate of drug-likeness (QED) is 0.657. The highest BCUT2D eigenvalue weighted by Crippen LogP contribution is 2.39. The summed E-state index contributed by atoms with van der Waals surface area (Å²) in [6, 6.07) is 19.8. The van der Waals surface area contributed by atoms with Crippen molar-refractivity contribution >= 4 is 24.0 Å². The number of fused-ring (bicyclic) bond motifs is 2. The molecule has 2 aromatic carbocycles. The van der Waals surface area contributed by atoms with Crippen molar-refractivity contribution in [2.45, 2.75) is 25.9 Å². The smallest absolute Gasteiger partial charge is 0.224 e. The lowest BCUT2D eigenvalue weighted by Crippen LogP contribution is -2.32. The molecule has 2 atom stereocenters. The van der Waals surface area contributed by atoms with Crippen LogP contribution in [0.15, 0.2) is 73.1 Å². The van der Waals surface area contributed by atoms with E-state index in [0.29, 0.717) is 0 Å². The molecule has 0 spiro atoms. The first-order valence-electron chi connectivity index (χ1n) is 10.4. The molecule has 154 valence electrons. The van der Waals surface area contributed by atoms with Gasteiger partial charge in [-0.3, -0.25) is 9.59 Å². The number of carbonyl (C=O) groups is 2. The van der Waals surface area contributed by atoms with Crippen molar-refractivity contribution in [1.82, 2.24) is 14.8 Å². The first kappa shape index (κ1) is 19.1. The largest absolute Gasteiger partial charge is 0.358 e. The molecule has 31 heavy (non-hydrogen) atoms. The third-order valence-electron chi connectivity index (χ3n) is 6.01. The number of nitrogens with zero attached hydrogens (tertiary/aromatic N) is 2. The van der Waals surface area contributed by atoms with E-state index in [9.17, 15) is 9.59 Å². The van der Waals surface area contributed by atoms with Gasteiger partial charge in [-0.15, -0.1) is 0 Å². The first-order valence-corrected chi connectivity index (χ1v) is 10.4. The molecule has 2 amide bonds. The molecule has 5 nitrogen and oxygen atoms in total. The summed E-state index contributed by atoms with van der Waals surface area (Å²) in [6.45, 7) is 3.16. The molecule has 2 unspecified atom stereocenters. The maximum atomic E-state index is 12.4. The fourth-order valence-corrected chi connectivity index (χ4v) is 4.57. The number of aromatic amines is 1. The van der Waals surface area contributed by atoms with E-state index in [4.69, 9.17) is 0 Å². The Kier molecular flexibility index (Phi) is 4.59. The third-order valence-corrected chi connectivity index (χ3v) is 6.01. The SMILES string of the molecule is CC(=O)N1C=Cc2ccccc2C1c1ccc(C2c3ccccc3C=CN2C(C)=O)[nH]1. The zero-order valence-corrected chi connectivity index (χ0v) is 17.4. The summed E-state index contributed by atoms with van der Waals surface area (Å²) in [5.41, 5.74) is 6.16. The van der Waals surface area contributed by atoms with Gasteiger partial charge < -0.3 is 14.8 Å². The van der Waals surface area contributed by atoms with E-state index in [1.54, 1.807) is 23.6 Å². The Morgan fingerprint density at radius 3 is 1.52 bits per heavy atom. The number of aromatic nitrogens is 1. The lowest BCUT2D eigenvalue weighted by molar-refractivity contribution is -0.128. The van der Waals surface area contributed by atoms with E-state index in [1.807, 2.05) is 61.0 Å². The zero-order valence-electron chi connectivity index (χ0n) is 17.4. The van der Waals surface area contributed by atoms with Crippen LogP contribution in [-0.4, -0.2) is 26.6 Å². The average molecular weight is 409 g/mol. The first-order chi connectivity index (χ1) is 15.0.